The van der Waals surface area contributed by atoms with Gasteiger partial charge < -0.3 is 5.32 Å². The summed E-state index contributed by atoms with van der Waals surface area (Å²) >= 11 is 1.06. The fraction of sp³-hybridized carbons (Fsp3) is 0.333. The van der Waals surface area contributed by atoms with Crippen molar-refractivity contribution >= 4 is 33.4 Å². The largest absolute Gasteiger partial charge is 0.416 e. The van der Waals surface area contributed by atoms with Gasteiger partial charge in [0.25, 0.3) is 0 Å². The molecule has 3 rings (SSSR count). The van der Waals surface area contributed by atoms with Gasteiger partial charge in [-0.1, -0.05) is 17.8 Å². The third kappa shape index (κ3) is 5.49. The molecule has 0 unspecified atom stereocenters. The lowest BCUT2D eigenvalue weighted by molar-refractivity contribution is -0.137. The molecule has 1 saturated heterocycles. The highest BCUT2D eigenvalue weighted by molar-refractivity contribution is 7.99. The summed E-state index contributed by atoms with van der Waals surface area (Å²) in [5, 5.41) is 2.84. The van der Waals surface area contributed by atoms with E-state index in [1.807, 2.05) is 0 Å². The summed E-state index contributed by atoms with van der Waals surface area (Å²) < 4.78 is 64.5. The van der Waals surface area contributed by atoms with Crippen molar-refractivity contribution in [1.29, 1.82) is 0 Å². The van der Waals surface area contributed by atoms with Gasteiger partial charge in [-0.05, 0) is 43.2 Å². The van der Waals surface area contributed by atoms with Crippen LogP contribution in [0.2, 0.25) is 0 Å². The highest BCUT2D eigenvalue weighted by Crippen LogP contribution is 2.30. The number of benzene rings is 1. The van der Waals surface area contributed by atoms with Gasteiger partial charge in [-0.3, -0.25) is 4.79 Å². The number of hydrogen-bond acceptors (Lipinski definition) is 5. The van der Waals surface area contributed by atoms with Gasteiger partial charge in [-0.25, -0.2) is 13.4 Å². The maximum atomic E-state index is 12.7. The highest BCUT2D eigenvalue weighted by atomic mass is 32.2. The zero-order valence-electron chi connectivity index (χ0n) is 15.1. The summed E-state index contributed by atoms with van der Waals surface area (Å²) in [4.78, 5) is 16.2. The number of hydrogen-bond donors (Lipinski definition) is 1. The Morgan fingerprint density at radius 2 is 1.90 bits per heavy atom. The van der Waals surface area contributed by atoms with Crippen LogP contribution in [0.4, 0.5) is 18.9 Å². The van der Waals surface area contributed by atoms with E-state index in [2.05, 4.69) is 10.3 Å². The van der Waals surface area contributed by atoms with Crippen LogP contribution in [-0.4, -0.2) is 42.5 Å². The molecule has 0 radical (unpaired) electrons. The Labute approximate surface area is 170 Å². The lowest BCUT2D eigenvalue weighted by Crippen LogP contribution is -2.27. The van der Waals surface area contributed by atoms with Crippen molar-refractivity contribution in [1.82, 2.24) is 9.29 Å². The molecule has 0 spiro atoms. The van der Waals surface area contributed by atoms with Gasteiger partial charge in [-0.15, -0.1) is 0 Å². The summed E-state index contributed by atoms with van der Waals surface area (Å²) in [5.41, 5.74) is -0.801. The fourth-order valence-electron chi connectivity index (χ4n) is 2.79. The Hall–Kier alpha value is -2.11. The third-order valence-electron chi connectivity index (χ3n) is 4.24. The number of rotatable bonds is 6. The van der Waals surface area contributed by atoms with Gasteiger partial charge in [0.05, 0.1) is 16.3 Å². The number of halogens is 3. The molecule has 1 fully saturated rings. The van der Waals surface area contributed by atoms with E-state index in [1.165, 1.54) is 34.8 Å². The molecule has 2 heterocycles. The van der Waals surface area contributed by atoms with Crippen molar-refractivity contribution in [2.45, 2.75) is 28.9 Å². The molecular weight excluding hydrogens is 427 g/mol. The van der Waals surface area contributed by atoms with Crippen LogP contribution in [-0.2, 0) is 21.0 Å². The third-order valence-corrected chi connectivity index (χ3v) is 7.06. The normalized spacial score (nSPS) is 15.4. The van der Waals surface area contributed by atoms with E-state index in [1.54, 1.807) is 0 Å². The maximum absolute atomic E-state index is 12.7. The molecule has 1 amide bonds. The van der Waals surface area contributed by atoms with Gasteiger partial charge in [0, 0.05) is 25.0 Å². The summed E-state index contributed by atoms with van der Waals surface area (Å²) in [5.74, 6) is -0.577. The molecule has 1 aliphatic rings. The first-order chi connectivity index (χ1) is 13.7. The second-order valence-electron chi connectivity index (χ2n) is 6.36. The van der Waals surface area contributed by atoms with E-state index in [0.29, 0.717) is 18.1 Å². The van der Waals surface area contributed by atoms with Crippen LogP contribution >= 0.6 is 11.8 Å². The molecular formula is C18H18F3N3O3S2. The summed E-state index contributed by atoms with van der Waals surface area (Å²) in [7, 11) is -3.55. The molecule has 156 valence electrons. The number of aromatic nitrogens is 1. The zero-order chi connectivity index (χ0) is 21.1. The molecule has 6 nitrogen and oxygen atoms in total. The lowest BCUT2D eigenvalue weighted by atomic mass is 10.2. The number of sulfonamides is 1. The van der Waals surface area contributed by atoms with Crippen LogP contribution in [0.15, 0.2) is 52.5 Å². The topological polar surface area (TPSA) is 79.4 Å². The highest BCUT2D eigenvalue weighted by Gasteiger charge is 2.30. The monoisotopic (exact) mass is 445 g/mol. The van der Waals surface area contributed by atoms with Gasteiger partial charge in [0.15, 0.2) is 0 Å². The SMILES string of the molecule is O=C(CSc1ccc(S(=O)(=O)N2CCCC2)cn1)Nc1cccc(C(F)(F)F)c1. The van der Waals surface area contributed by atoms with E-state index >= 15 is 0 Å². The summed E-state index contributed by atoms with van der Waals surface area (Å²) in [6.45, 7) is 0.989. The lowest BCUT2D eigenvalue weighted by Gasteiger charge is -2.15. The number of thioether (sulfide) groups is 1. The molecule has 0 atom stereocenters. The number of pyridine rings is 1. The van der Waals surface area contributed by atoms with E-state index in [-0.39, 0.29) is 16.3 Å². The minimum atomic E-state index is -4.49. The van der Waals surface area contributed by atoms with Crippen molar-refractivity contribution in [2.24, 2.45) is 0 Å². The van der Waals surface area contributed by atoms with Crippen LogP contribution in [0.1, 0.15) is 18.4 Å². The van der Waals surface area contributed by atoms with E-state index in [4.69, 9.17) is 0 Å². The minimum Gasteiger partial charge on any atom is -0.325 e. The second kappa shape index (κ2) is 8.72. The number of carbonyl (C=O) groups excluding carboxylic acids is 1. The van der Waals surface area contributed by atoms with E-state index < -0.39 is 27.7 Å². The number of nitrogens with zero attached hydrogens (tertiary/aromatic N) is 2. The average Bonchev–Trinajstić information content (AvgIpc) is 3.22. The van der Waals surface area contributed by atoms with Crippen molar-refractivity contribution in [2.75, 3.05) is 24.2 Å². The summed E-state index contributed by atoms with van der Waals surface area (Å²) in [6.07, 6.45) is -1.57. The molecule has 0 bridgehead atoms. The molecule has 2 aromatic rings. The van der Waals surface area contributed by atoms with Crippen LogP contribution in [0, 0.1) is 0 Å². The number of amides is 1. The fourth-order valence-corrected chi connectivity index (χ4v) is 4.90. The van der Waals surface area contributed by atoms with E-state index in [9.17, 15) is 26.4 Å². The smallest absolute Gasteiger partial charge is 0.325 e. The number of alkyl halides is 3. The first-order valence-corrected chi connectivity index (χ1v) is 11.1. The Morgan fingerprint density at radius 1 is 1.17 bits per heavy atom. The van der Waals surface area contributed by atoms with Gasteiger partial charge in [0.1, 0.15) is 4.90 Å². The van der Waals surface area contributed by atoms with Gasteiger partial charge in [-0.2, -0.15) is 17.5 Å². The Kier molecular flexibility index (Phi) is 6.49. The quantitative estimate of drug-likeness (QED) is 0.687. The molecule has 29 heavy (non-hydrogen) atoms. The Bertz CT molecular complexity index is 974. The predicted molar refractivity (Wildman–Crippen MR) is 103 cm³/mol. The van der Waals surface area contributed by atoms with Crippen molar-refractivity contribution < 1.29 is 26.4 Å². The van der Waals surface area contributed by atoms with Crippen LogP contribution < -0.4 is 5.32 Å². The molecule has 1 N–H and O–H groups in total. The molecule has 11 heteroatoms. The first kappa shape index (κ1) is 21.6. The molecule has 1 aliphatic heterocycles. The number of nitrogens with one attached hydrogen (secondary N) is 1. The van der Waals surface area contributed by atoms with Crippen molar-refractivity contribution in [3.05, 3.63) is 48.2 Å². The molecule has 0 saturated carbocycles. The zero-order valence-corrected chi connectivity index (χ0v) is 16.8. The predicted octanol–water partition coefficient (Wildman–Crippen LogP) is 3.62. The van der Waals surface area contributed by atoms with Crippen LogP contribution in [0.25, 0.3) is 0 Å². The van der Waals surface area contributed by atoms with Crippen LogP contribution in [0.3, 0.4) is 0 Å². The molecule has 1 aromatic carbocycles. The standard InChI is InChI=1S/C18H18F3N3O3S2/c19-18(20,21)13-4-3-5-14(10-13)23-16(25)12-28-17-7-6-15(11-22-17)29(26,27)24-8-1-2-9-24/h3-7,10-11H,1-2,8-9,12H2,(H,23,25). The maximum Gasteiger partial charge on any atom is 0.416 e. The van der Waals surface area contributed by atoms with Gasteiger partial charge >= 0.3 is 6.18 Å². The average molecular weight is 445 g/mol. The number of carbonyl (C=O) groups is 1. The number of anilines is 1. The first-order valence-electron chi connectivity index (χ1n) is 8.72. The Morgan fingerprint density at radius 3 is 2.52 bits per heavy atom. The minimum absolute atomic E-state index is 0.0467. The van der Waals surface area contributed by atoms with Crippen molar-refractivity contribution in [3.63, 3.8) is 0 Å². The molecule has 1 aromatic heterocycles. The molecule has 0 aliphatic carbocycles. The van der Waals surface area contributed by atoms with Gasteiger partial charge in [0.2, 0.25) is 15.9 Å². The second-order valence-corrected chi connectivity index (χ2v) is 9.29. The summed E-state index contributed by atoms with van der Waals surface area (Å²) in [6, 6.07) is 7.31. The van der Waals surface area contributed by atoms with Crippen LogP contribution in [0.5, 0.6) is 0 Å². The van der Waals surface area contributed by atoms with E-state index in [0.717, 1.165) is 36.7 Å². The Balaban J connectivity index is 1.57. The van der Waals surface area contributed by atoms with Crippen molar-refractivity contribution in [3.8, 4) is 0 Å².